The van der Waals surface area contributed by atoms with Gasteiger partial charge in [0.2, 0.25) is 0 Å². The molecule has 0 spiro atoms. The van der Waals surface area contributed by atoms with Gasteiger partial charge in [-0.05, 0) is 6.42 Å². The standard InChI is InChI=1S/C11H16N4O2/c1-5-11(2,3)9-12-6-7(13-9)15(4)10(17)14-8(6)16/h5H2,1-4H3,(H,12,13)(H,14,16,17). The summed E-state index contributed by atoms with van der Waals surface area (Å²) in [5, 5.41) is 0. The molecule has 0 aromatic carbocycles. The molecule has 2 rings (SSSR count). The molecule has 0 saturated heterocycles. The van der Waals surface area contributed by atoms with Crippen LogP contribution in [0.25, 0.3) is 11.2 Å². The second-order valence-corrected chi connectivity index (χ2v) is 4.84. The van der Waals surface area contributed by atoms with Crippen molar-refractivity contribution >= 4 is 11.2 Å². The number of aryl methyl sites for hydroxylation is 1. The fourth-order valence-corrected chi connectivity index (χ4v) is 1.59. The van der Waals surface area contributed by atoms with Crippen molar-refractivity contribution in [3.8, 4) is 0 Å². The summed E-state index contributed by atoms with van der Waals surface area (Å²) < 4.78 is 1.34. The number of aromatic nitrogens is 4. The summed E-state index contributed by atoms with van der Waals surface area (Å²) >= 11 is 0. The molecule has 2 heterocycles. The molecule has 0 aliphatic rings. The molecule has 2 aromatic heterocycles. The largest absolute Gasteiger partial charge is 0.336 e. The number of H-pyrrole nitrogens is 2. The van der Waals surface area contributed by atoms with Crippen molar-refractivity contribution in [3.63, 3.8) is 0 Å². The summed E-state index contributed by atoms with van der Waals surface area (Å²) in [4.78, 5) is 32.7. The van der Waals surface area contributed by atoms with Crippen LogP contribution in [0.1, 0.15) is 33.0 Å². The van der Waals surface area contributed by atoms with Crippen LogP contribution in [-0.4, -0.2) is 19.5 Å². The lowest BCUT2D eigenvalue weighted by Gasteiger charge is -2.18. The number of nitrogens with one attached hydrogen (secondary N) is 2. The molecule has 0 radical (unpaired) electrons. The molecule has 0 atom stereocenters. The van der Waals surface area contributed by atoms with Gasteiger partial charge in [0.25, 0.3) is 5.56 Å². The second kappa shape index (κ2) is 3.58. The average molecular weight is 236 g/mol. The molecule has 2 aromatic rings. The number of hydrogen-bond donors (Lipinski definition) is 2. The molecule has 92 valence electrons. The SMILES string of the molecule is CCC(C)(C)c1nc2c([nH]1)c(=O)[nH]c(=O)n2C. The van der Waals surface area contributed by atoms with Crippen molar-refractivity contribution in [2.75, 3.05) is 0 Å². The molecule has 0 fully saturated rings. The normalized spacial score (nSPS) is 12.2. The minimum absolute atomic E-state index is 0.151. The molecule has 0 bridgehead atoms. The lowest BCUT2D eigenvalue weighted by Crippen LogP contribution is -2.28. The Morgan fingerprint density at radius 3 is 2.53 bits per heavy atom. The molecular weight excluding hydrogens is 220 g/mol. The van der Waals surface area contributed by atoms with Crippen LogP contribution in [0.15, 0.2) is 9.59 Å². The maximum Gasteiger partial charge on any atom is 0.329 e. The van der Waals surface area contributed by atoms with Crippen LogP contribution in [-0.2, 0) is 12.5 Å². The van der Waals surface area contributed by atoms with E-state index in [-0.39, 0.29) is 5.41 Å². The fraction of sp³-hybridized carbons (Fsp3) is 0.545. The van der Waals surface area contributed by atoms with Crippen molar-refractivity contribution in [1.29, 1.82) is 0 Å². The Bertz CT molecular complexity index is 675. The Hall–Kier alpha value is -1.85. The van der Waals surface area contributed by atoms with E-state index in [1.54, 1.807) is 7.05 Å². The average Bonchev–Trinajstić information content (AvgIpc) is 2.72. The van der Waals surface area contributed by atoms with Crippen LogP contribution < -0.4 is 11.2 Å². The van der Waals surface area contributed by atoms with Gasteiger partial charge in [0.1, 0.15) is 11.3 Å². The Morgan fingerprint density at radius 2 is 1.94 bits per heavy atom. The lowest BCUT2D eigenvalue weighted by atomic mass is 9.90. The third kappa shape index (κ3) is 1.69. The summed E-state index contributed by atoms with van der Waals surface area (Å²) in [5.41, 5.74) is -0.274. The zero-order chi connectivity index (χ0) is 12.8. The molecule has 0 aliphatic carbocycles. The van der Waals surface area contributed by atoms with E-state index in [1.807, 2.05) is 13.8 Å². The summed E-state index contributed by atoms with van der Waals surface area (Å²) in [5.74, 6) is 0.724. The third-order valence-electron chi connectivity index (χ3n) is 3.28. The van der Waals surface area contributed by atoms with Gasteiger partial charge in [-0.1, -0.05) is 20.8 Å². The van der Waals surface area contributed by atoms with Crippen LogP contribution in [0.5, 0.6) is 0 Å². The Balaban J connectivity index is 2.83. The van der Waals surface area contributed by atoms with E-state index in [0.29, 0.717) is 11.2 Å². The van der Waals surface area contributed by atoms with Gasteiger partial charge < -0.3 is 4.98 Å². The van der Waals surface area contributed by atoms with Crippen LogP contribution in [0.2, 0.25) is 0 Å². The first-order valence-corrected chi connectivity index (χ1v) is 5.56. The van der Waals surface area contributed by atoms with Crippen LogP contribution in [0, 0.1) is 0 Å². The smallest absolute Gasteiger partial charge is 0.329 e. The summed E-state index contributed by atoms with van der Waals surface area (Å²) in [6, 6.07) is 0. The first-order chi connectivity index (χ1) is 7.86. The van der Waals surface area contributed by atoms with E-state index in [9.17, 15) is 9.59 Å². The molecule has 17 heavy (non-hydrogen) atoms. The Kier molecular flexibility index (Phi) is 2.45. The van der Waals surface area contributed by atoms with Crippen molar-refractivity contribution in [3.05, 3.63) is 26.7 Å². The van der Waals surface area contributed by atoms with Crippen LogP contribution >= 0.6 is 0 Å². The van der Waals surface area contributed by atoms with E-state index >= 15 is 0 Å². The van der Waals surface area contributed by atoms with Crippen molar-refractivity contribution in [2.24, 2.45) is 7.05 Å². The Morgan fingerprint density at radius 1 is 1.29 bits per heavy atom. The minimum Gasteiger partial charge on any atom is -0.336 e. The second-order valence-electron chi connectivity index (χ2n) is 4.84. The quantitative estimate of drug-likeness (QED) is 0.802. The minimum atomic E-state index is -0.449. The number of rotatable bonds is 2. The van der Waals surface area contributed by atoms with Crippen molar-refractivity contribution in [1.82, 2.24) is 19.5 Å². The highest BCUT2D eigenvalue weighted by Crippen LogP contribution is 2.24. The topological polar surface area (TPSA) is 83.5 Å². The maximum atomic E-state index is 11.6. The molecule has 6 nitrogen and oxygen atoms in total. The van der Waals surface area contributed by atoms with Gasteiger partial charge in [-0.3, -0.25) is 14.3 Å². The van der Waals surface area contributed by atoms with E-state index < -0.39 is 11.2 Å². The van der Waals surface area contributed by atoms with Gasteiger partial charge in [0, 0.05) is 12.5 Å². The number of hydrogen-bond acceptors (Lipinski definition) is 3. The summed E-state index contributed by atoms with van der Waals surface area (Å²) in [6.07, 6.45) is 0.888. The molecule has 6 heteroatoms. The number of nitrogens with zero attached hydrogens (tertiary/aromatic N) is 2. The lowest BCUT2D eigenvalue weighted by molar-refractivity contribution is 0.478. The summed E-state index contributed by atoms with van der Waals surface area (Å²) in [7, 11) is 1.59. The van der Waals surface area contributed by atoms with Gasteiger partial charge in [0.15, 0.2) is 5.65 Å². The van der Waals surface area contributed by atoms with E-state index in [2.05, 4.69) is 21.9 Å². The number of aromatic amines is 2. The maximum absolute atomic E-state index is 11.6. The van der Waals surface area contributed by atoms with Gasteiger partial charge in [-0.15, -0.1) is 0 Å². The van der Waals surface area contributed by atoms with Gasteiger partial charge in [-0.2, -0.15) is 0 Å². The summed E-state index contributed by atoms with van der Waals surface area (Å²) in [6.45, 7) is 6.13. The van der Waals surface area contributed by atoms with Crippen molar-refractivity contribution in [2.45, 2.75) is 32.6 Å². The Labute approximate surface area is 97.7 Å². The number of imidazole rings is 1. The number of fused-ring (bicyclic) bond motifs is 1. The zero-order valence-electron chi connectivity index (χ0n) is 10.4. The van der Waals surface area contributed by atoms with E-state index in [1.165, 1.54) is 4.57 Å². The monoisotopic (exact) mass is 236 g/mol. The van der Waals surface area contributed by atoms with Gasteiger partial charge in [-0.25, -0.2) is 9.78 Å². The zero-order valence-corrected chi connectivity index (χ0v) is 10.4. The van der Waals surface area contributed by atoms with Crippen LogP contribution in [0.3, 0.4) is 0 Å². The third-order valence-corrected chi connectivity index (χ3v) is 3.28. The predicted octanol–water partition coefficient (Wildman–Crippen LogP) is 0.637. The fourth-order valence-electron chi connectivity index (χ4n) is 1.59. The highest BCUT2D eigenvalue weighted by atomic mass is 16.2. The van der Waals surface area contributed by atoms with Gasteiger partial charge >= 0.3 is 5.69 Å². The molecule has 0 saturated carbocycles. The molecule has 0 aliphatic heterocycles. The highest BCUT2D eigenvalue weighted by molar-refractivity contribution is 5.69. The first-order valence-electron chi connectivity index (χ1n) is 5.56. The van der Waals surface area contributed by atoms with Gasteiger partial charge in [0.05, 0.1) is 0 Å². The molecular formula is C11H16N4O2. The van der Waals surface area contributed by atoms with E-state index in [4.69, 9.17) is 0 Å². The predicted molar refractivity (Wildman–Crippen MR) is 65.3 cm³/mol. The molecule has 0 unspecified atom stereocenters. The van der Waals surface area contributed by atoms with Crippen LogP contribution in [0.4, 0.5) is 0 Å². The van der Waals surface area contributed by atoms with Crippen molar-refractivity contribution < 1.29 is 0 Å². The first kappa shape index (κ1) is 11.6. The highest BCUT2D eigenvalue weighted by Gasteiger charge is 2.23. The molecule has 2 N–H and O–H groups in total. The molecule has 0 amide bonds. The van der Waals surface area contributed by atoms with E-state index in [0.717, 1.165) is 12.2 Å².